The van der Waals surface area contributed by atoms with Crippen molar-refractivity contribution >= 4 is 17.9 Å². The molecule has 0 fully saturated rings. The summed E-state index contributed by atoms with van der Waals surface area (Å²) in [5.74, 6) is -0.933. The SMILES string of the molecule is CC/C=C\C/C=C\C/C=C\C/C=C\C/C=C\C/C=C\C/C=C\CCCCCC(=O)OCC(COC(=O)CCCCCCC/C=C\CCCCCCCCC)OC(=O)CCCCCCCCC/C=C\CCCCCCCCC. The summed E-state index contributed by atoms with van der Waals surface area (Å²) in [7, 11) is 0. The first-order valence-electron chi connectivity index (χ1n) is 32.4. The maximum absolute atomic E-state index is 12.9. The molecule has 0 N–H and O–H groups in total. The Bertz CT molecular complexity index is 1560. The van der Waals surface area contributed by atoms with Gasteiger partial charge in [0.25, 0.3) is 0 Å². The predicted molar refractivity (Wildman–Crippen MR) is 334 cm³/mol. The van der Waals surface area contributed by atoms with Crippen LogP contribution in [0.1, 0.15) is 303 Å². The van der Waals surface area contributed by atoms with Gasteiger partial charge in [0.2, 0.25) is 0 Å². The molecule has 1 unspecified atom stereocenters. The first-order valence-corrected chi connectivity index (χ1v) is 32.4. The predicted octanol–water partition coefficient (Wildman–Crippen LogP) is 22.2. The zero-order valence-electron chi connectivity index (χ0n) is 50.4. The zero-order valence-corrected chi connectivity index (χ0v) is 50.4. The Kier molecular flexibility index (Phi) is 61.3. The van der Waals surface area contributed by atoms with Gasteiger partial charge in [-0.15, -0.1) is 0 Å². The van der Waals surface area contributed by atoms with Crippen LogP contribution in [-0.4, -0.2) is 37.2 Å². The van der Waals surface area contributed by atoms with E-state index in [0.29, 0.717) is 19.3 Å². The molecule has 0 bridgehead atoms. The standard InChI is InChI=1S/C71H120O6/c1-4-7-10-13-16-19-22-25-28-31-33-34-35-36-37-38-39-41-43-46-49-52-55-58-61-64-70(73)76-67-68(66-75-69(72)63-60-57-54-51-48-45-42-30-27-24-21-18-15-12-9-6-3)77-71(74)65-62-59-56-53-50-47-44-40-32-29-26-23-20-17-14-11-8-5-2/h7,10,16,19,25,28-30,32-34,36-37,39,41-42,46,49,68H,4-6,8-9,11-15,17-18,20-24,26-27,31,35,38,40,43-45,47-48,50-67H2,1-3H3/b10-7-,19-16-,28-25-,32-29-,34-33-,37-36-,41-39-,42-30-,49-46-. The van der Waals surface area contributed by atoms with Crippen molar-refractivity contribution in [1.82, 2.24) is 0 Å². The van der Waals surface area contributed by atoms with Crippen LogP contribution >= 0.6 is 0 Å². The highest BCUT2D eigenvalue weighted by atomic mass is 16.6. The van der Waals surface area contributed by atoms with Gasteiger partial charge in [-0.1, -0.05) is 265 Å². The minimum absolute atomic E-state index is 0.0950. The molecule has 1 atom stereocenters. The summed E-state index contributed by atoms with van der Waals surface area (Å²) in [6.07, 6.45) is 88.0. The lowest BCUT2D eigenvalue weighted by Crippen LogP contribution is -2.30. The lowest BCUT2D eigenvalue weighted by atomic mass is 10.1. The minimum Gasteiger partial charge on any atom is -0.462 e. The number of hydrogen-bond donors (Lipinski definition) is 0. The van der Waals surface area contributed by atoms with Crippen molar-refractivity contribution in [1.29, 1.82) is 0 Å². The summed E-state index contributed by atoms with van der Waals surface area (Å²) in [4.78, 5) is 38.3. The lowest BCUT2D eigenvalue weighted by Gasteiger charge is -2.18. The molecule has 0 saturated heterocycles. The van der Waals surface area contributed by atoms with Crippen LogP contribution in [0.5, 0.6) is 0 Å². The van der Waals surface area contributed by atoms with Gasteiger partial charge < -0.3 is 14.2 Å². The molecule has 0 aliphatic carbocycles. The summed E-state index contributed by atoms with van der Waals surface area (Å²) in [6, 6.07) is 0. The van der Waals surface area contributed by atoms with Gasteiger partial charge in [-0.05, 0) is 128 Å². The van der Waals surface area contributed by atoms with Gasteiger partial charge in [-0.25, -0.2) is 0 Å². The molecule has 0 amide bonds. The molecule has 0 rings (SSSR count). The molecular weight excluding hydrogens is 949 g/mol. The van der Waals surface area contributed by atoms with E-state index < -0.39 is 6.10 Å². The summed E-state index contributed by atoms with van der Waals surface area (Å²) < 4.78 is 16.9. The summed E-state index contributed by atoms with van der Waals surface area (Å²) in [5.41, 5.74) is 0. The highest BCUT2D eigenvalue weighted by molar-refractivity contribution is 5.71. The fraction of sp³-hybridized carbons (Fsp3) is 0.704. The highest BCUT2D eigenvalue weighted by Crippen LogP contribution is 2.15. The van der Waals surface area contributed by atoms with Crippen LogP contribution < -0.4 is 0 Å². The van der Waals surface area contributed by atoms with Gasteiger partial charge >= 0.3 is 17.9 Å². The van der Waals surface area contributed by atoms with Crippen molar-refractivity contribution < 1.29 is 28.6 Å². The van der Waals surface area contributed by atoms with Crippen molar-refractivity contribution in [3.8, 4) is 0 Å². The topological polar surface area (TPSA) is 78.9 Å². The fourth-order valence-electron chi connectivity index (χ4n) is 8.88. The van der Waals surface area contributed by atoms with E-state index in [0.717, 1.165) is 116 Å². The monoisotopic (exact) mass is 1070 g/mol. The smallest absolute Gasteiger partial charge is 0.306 e. The van der Waals surface area contributed by atoms with Gasteiger partial charge in [-0.3, -0.25) is 14.4 Å². The maximum atomic E-state index is 12.9. The van der Waals surface area contributed by atoms with E-state index in [2.05, 4.69) is 130 Å². The van der Waals surface area contributed by atoms with E-state index in [4.69, 9.17) is 14.2 Å². The number of carbonyl (C=O) groups excluding carboxylic acids is 3. The van der Waals surface area contributed by atoms with Crippen molar-refractivity contribution in [3.05, 3.63) is 109 Å². The number of hydrogen-bond acceptors (Lipinski definition) is 6. The second-order valence-corrected chi connectivity index (χ2v) is 21.3. The Morgan fingerprint density at radius 3 is 0.818 bits per heavy atom. The number of rotatable bonds is 58. The number of carbonyl (C=O) groups is 3. The van der Waals surface area contributed by atoms with Crippen molar-refractivity contribution in [2.45, 2.75) is 309 Å². The van der Waals surface area contributed by atoms with Crippen LogP contribution in [0.4, 0.5) is 0 Å². The first kappa shape index (κ1) is 73.1. The molecule has 0 aliphatic heterocycles. The third-order valence-corrected chi connectivity index (χ3v) is 13.7. The second-order valence-electron chi connectivity index (χ2n) is 21.3. The highest BCUT2D eigenvalue weighted by Gasteiger charge is 2.19. The fourth-order valence-corrected chi connectivity index (χ4v) is 8.88. The molecule has 0 aliphatic rings. The molecule has 6 nitrogen and oxygen atoms in total. The molecule has 0 aromatic carbocycles. The van der Waals surface area contributed by atoms with Gasteiger partial charge in [0, 0.05) is 19.3 Å². The molecule has 440 valence electrons. The van der Waals surface area contributed by atoms with Crippen molar-refractivity contribution in [3.63, 3.8) is 0 Å². The quantitative estimate of drug-likeness (QED) is 0.0261. The van der Waals surface area contributed by atoms with E-state index >= 15 is 0 Å². The van der Waals surface area contributed by atoms with Crippen LogP contribution in [0.15, 0.2) is 109 Å². The first-order chi connectivity index (χ1) is 38.0. The third kappa shape index (κ3) is 62.8. The number of ether oxygens (including phenoxy) is 3. The largest absolute Gasteiger partial charge is 0.462 e. The Morgan fingerprint density at radius 2 is 0.506 bits per heavy atom. The van der Waals surface area contributed by atoms with Gasteiger partial charge in [0.1, 0.15) is 13.2 Å². The average molecular weight is 1070 g/mol. The number of allylic oxidation sites excluding steroid dienone is 18. The molecule has 0 aromatic heterocycles. The second kappa shape index (κ2) is 64.6. The number of esters is 3. The lowest BCUT2D eigenvalue weighted by molar-refractivity contribution is -0.167. The summed E-state index contributed by atoms with van der Waals surface area (Å²) in [6.45, 7) is 6.51. The molecule has 77 heavy (non-hydrogen) atoms. The molecule has 0 aromatic rings. The molecule has 0 spiro atoms. The van der Waals surface area contributed by atoms with Crippen molar-refractivity contribution in [2.24, 2.45) is 0 Å². The molecule has 6 heteroatoms. The van der Waals surface area contributed by atoms with E-state index in [-0.39, 0.29) is 31.1 Å². The van der Waals surface area contributed by atoms with Gasteiger partial charge in [0.05, 0.1) is 0 Å². The zero-order chi connectivity index (χ0) is 55.7. The normalized spacial score (nSPS) is 12.8. The van der Waals surface area contributed by atoms with Crippen LogP contribution in [0.3, 0.4) is 0 Å². The summed E-state index contributed by atoms with van der Waals surface area (Å²) >= 11 is 0. The van der Waals surface area contributed by atoms with E-state index in [1.54, 1.807) is 0 Å². The van der Waals surface area contributed by atoms with Crippen LogP contribution in [-0.2, 0) is 28.6 Å². The van der Waals surface area contributed by atoms with E-state index in [1.807, 2.05) is 0 Å². The third-order valence-electron chi connectivity index (χ3n) is 13.7. The minimum atomic E-state index is -0.801. The van der Waals surface area contributed by atoms with E-state index in [1.165, 1.54) is 148 Å². The van der Waals surface area contributed by atoms with Crippen molar-refractivity contribution in [2.75, 3.05) is 13.2 Å². The molecule has 0 saturated carbocycles. The maximum Gasteiger partial charge on any atom is 0.306 e. The molecule has 0 radical (unpaired) electrons. The Morgan fingerprint density at radius 1 is 0.273 bits per heavy atom. The average Bonchev–Trinajstić information content (AvgIpc) is 3.43. The Balaban J connectivity index is 4.46. The van der Waals surface area contributed by atoms with Gasteiger partial charge in [-0.2, -0.15) is 0 Å². The molecule has 0 heterocycles. The van der Waals surface area contributed by atoms with E-state index in [9.17, 15) is 14.4 Å². The summed E-state index contributed by atoms with van der Waals surface area (Å²) in [5, 5.41) is 0. The van der Waals surface area contributed by atoms with Crippen LogP contribution in [0, 0.1) is 0 Å². The Labute approximate surface area is 476 Å². The van der Waals surface area contributed by atoms with Crippen LogP contribution in [0.25, 0.3) is 0 Å². The molecular formula is C71H120O6. The number of unbranched alkanes of at least 4 members (excludes halogenated alkanes) is 29. The Hall–Kier alpha value is -3.93. The van der Waals surface area contributed by atoms with Gasteiger partial charge in [0.15, 0.2) is 6.10 Å². The van der Waals surface area contributed by atoms with Crippen LogP contribution in [0.2, 0.25) is 0 Å².